The first-order chi connectivity index (χ1) is 21.1. The number of benzene rings is 4. The number of hydrogen-bond donors (Lipinski definition) is 0. The molecule has 0 bridgehead atoms. The lowest BCUT2D eigenvalue weighted by molar-refractivity contribution is -0.154. The molecule has 0 N–H and O–H groups in total. The molecule has 5 heteroatoms. The van der Waals surface area contributed by atoms with Crippen LogP contribution in [0.25, 0.3) is 0 Å². The second kappa shape index (κ2) is 15.0. The SMILES string of the molecule is CCOC(=O)C(Cc1ccc(OCCN(C)C2c3ccccc3CCc3ccc(CCc4ccccc4)cc32)cc1)OC. The van der Waals surface area contributed by atoms with Crippen molar-refractivity contribution in [3.63, 3.8) is 0 Å². The number of likely N-dealkylation sites (N-methyl/N-ethyl adjacent to an activating group) is 1. The molecule has 0 saturated heterocycles. The molecule has 0 fully saturated rings. The quantitative estimate of drug-likeness (QED) is 0.164. The predicted molar refractivity (Wildman–Crippen MR) is 172 cm³/mol. The Hall–Kier alpha value is -3.93. The molecular formula is C38H43NO4. The standard InChI is InChI=1S/C38H43NO4/c1-4-42-38(40)36(41-3)27-30-17-22-33(23-18-30)43-25-24-39(2)37-34-13-9-8-12-31(34)20-21-32-19-16-29(26-35(32)37)15-14-28-10-6-5-7-11-28/h5-13,16-19,22-23,26,36-37H,4,14-15,20-21,24-25,27H2,1-3H3. The molecule has 2 atom stereocenters. The summed E-state index contributed by atoms with van der Waals surface area (Å²) in [5, 5.41) is 0. The molecule has 5 rings (SSSR count). The van der Waals surface area contributed by atoms with Gasteiger partial charge in [0.1, 0.15) is 12.4 Å². The molecule has 43 heavy (non-hydrogen) atoms. The minimum atomic E-state index is -0.607. The normalized spacial score (nSPS) is 14.8. The van der Waals surface area contributed by atoms with Crippen LogP contribution in [0.2, 0.25) is 0 Å². The summed E-state index contributed by atoms with van der Waals surface area (Å²) in [5.74, 6) is 0.477. The number of nitrogens with zero attached hydrogens (tertiary/aromatic N) is 1. The van der Waals surface area contributed by atoms with E-state index in [0.29, 0.717) is 19.6 Å². The van der Waals surface area contributed by atoms with Gasteiger partial charge >= 0.3 is 5.97 Å². The molecule has 0 heterocycles. The van der Waals surface area contributed by atoms with Gasteiger partial charge in [0.05, 0.1) is 12.6 Å². The van der Waals surface area contributed by atoms with Crippen LogP contribution in [-0.2, 0) is 46.4 Å². The summed E-state index contributed by atoms with van der Waals surface area (Å²) in [5.41, 5.74) is 9.42. The molecule has 1 aliphatic rings. The average Bonchev–Trinajstić information content (AvgIpc) is 3.20. The number of ether oxygens (including phenoxy) is 3. The molecule has 0 amide bonds. The van der Waals surface area contributed by atoms with Crippen molar-refractivity contribution in [2.75, 3.05) is 33.9 Å². The molecule has 2 unspecified atom stereocenters. The van der Waals surface area contributed by atoms with Crippen LogP contribution in [0.1, 0.15) is 51.9 Å². The first-order valence-corrected chi connectivity index (χ1v) is 15.4. The van der Waals surface area contributed by atoms with Crippen molar-refractivity contribution in [2.24, 2.45) is 0 Å². The highest BCUT2D eigenvalue weighted by Crippen LogP contribution is 2.37. The van der Waals surface area contributed by atoms with E-state index in [4.69, 9.17) is 14.2 Å². The van der Waals surface area contributed by atoms with E-state index in [9.17, 15) is 4.79 Å². The Bertz CT molecular complexity index is 1470. The largest absolute Gasteiger partial charge is 0.492 e. The third-order valence-electron chi connectivity index (χ3n) is 8.40. The Balaban J connectivity index is 1.26. The van der Waals surface area contributed by atoms with Crippen molar-refractivity contribution in [1.29, 1.82) is 0 Å². The Morgan fingerprint density at radius 2 is 1.49 bits per heavy atom. The van der Waals surface area contributed by atoms with Crippen molar-refractivity contribution < 1.29 is 19.0 Å². The van der Waals surface area contributed by atoms with Gasteiger partial charge in [-0.25, -0.2) is 4.79 Å². The molecule has 0 aromatic heterocycles. The highest BCUT2D eigenvalue weighted by molar-refractivity contribution is 5.75. The fraction of sp³-hybridized carbons (Fsp3) is 0.342. The van der Waals surface area contributed by atoms with E-state index in [1.54, 1.807) is 6.92 Å². The topological polar surface area (TPSA) is 48.0 Å². The minimum Gasteiger partial charge on any atom is -0.492 e. The Morgan fingerprint density at radius 1 is 0.814 bits per heavy atom. The van der Waals surface area contributed by atoms with Crippen LogP contribution in [0.15, 0.2) is 97.1 Å². The molecule has 0 radical (unpaired) electrons. The van der Waals surface area contributed by atoms with Crippen molar-refractivity contribution in [3.8, 4) is 5.75 Å². The monoisotopic (exact) mass is 577 g/mol. The third-order valence-corrected chi connectivity index (χ3v) is 8.40. The first kappa shape index (κ1) is 30.5. The van der Waals surface area contributed by atoms with E-state index in [1.807, 2.05) is 24.3 Å². The summed E-state index contributed by atoms with van der Waals surface area (Å²) in [6.07, 6.45) is 4.03. The number of hydrogen-bond acceptors (Lipinski definition) is 5. The first-order valence-electron chi connectivity index (χ1n) is 15.4. The third kappa shape index (κ3) is 7.92. The molecule has 224 valence electrons. The van der Waals surface area contributed by atoms with E-state index < -0.39 is 6.10 Å². The van der Waals surface area contributed by atoms with E-state index in [-0.39, 0.29) is 12.0 Å². The molecule has 0 aliphatic heterocycles. The summed E-state index contributed by atoms with van der Waals surface area (Å²) in [7, 11) is 3.74. The molecule has 0 saturated carbocycles. The second-order valence-corrected chi connectivity index (χ2v) is 11.3. The van der Waals surface area contributed by atoms with Gasteiger partial charge in [-0.2, -0.15) is 0 Å². The lowest BCUT2D eigenvalue weighted by Crippen LogP contribution is -2.30. The summed E-state index contributed by atoms with van der Waals surface area (Å²) < 4.78 is 16.6. The van der Waals surface area contributed by atoms with Crippen LogP contribution in [-0.4, -0.2) is 50.9 Å². The fourth-order valence-corrected chi connectivity index (χ4v) is 6.03. The van der Waals surface area contributed by atoms with Crippen LogP contribution in [0.3, 0.4) is 0 Å². The van der Waals surface area contributed by atoms with E-state index >= 15 is 0 Å². The van der Waals surface area contributed by atoms with Crippen molar-refractivity contribution in [1.82, 2.24) is 4.90 Å². The zero-order valence-corrected chi connectivity index (χ0v) is 25.6. The molecule has 1 aliphatic carbocycles. The fourth-order valence-electron chi connectivity index (χ4n) is 6.03. The van der Waals surface area contributed by atoms with Crippen LogP contribution in [0.5, 0.6) is 5.75 Å². The average molecular weight is 578 g/mol. The van der Waals surface area contributed by atoms with Crippen molar-refractivity contribution in [3.05, 3.63) is 136 Å². The zero-order chi connectivity index (χ0) is 30.0. The molecule has 0 spiro atoms. The lowest BCUT2D eigenvalue weighted by atomic mass is 9.91. The number of methoxy groups -OCH3 is 1. The van der Waals surface area contributed by atoms with E-state index in [0.717, 1.165) is 43.5 Å². The number of carbonyl (C=O) groups is 1. The maximum absolute atomic E-state index is 12.1. The van der Waals surface area contributed by atoms with Crippen LogP contribution < -0.4 is 4.74 Å². The number of esters is 1. The van der Waals surface area contributed by atoms with Gasteiger partial charge in [-0.05, 0) is 90.7 Å². The summed E-state index contributed by atoms with van der Waals surface area (Å²) in [6, 6.07) is 34.8. The van der Waals surface area contributed by atoms with Gasteiger partial charge < -0.3 is 14.2 Å². The molecular weight excluding hydrogens is 534 g/mol. The summed E-state index contributed by atoms with van der Waals surface area (Å²) in [4.78, 5) is 14.5. The number of aryl methyl sites for hydroxylation is 4. The maximum Gasteiger partial charge on any atom is 0.335 e. The summed E-state index contributed by atoms with van der Waals surface area (Å²) >= 11 is 0. The van der Waals surface area contributed by atoms with Gasteiger partial charge in [-0.15, -0.1) is 0 Å². The zero-order valence-electron chi connectivity index (χ0n) is 25.6. The molecule has 4 aromatic rings. The van der Waals surface area contributed by atoms with Gasteiger partial charge in [-0.3, -0.25) is 4.90 Å². The molecule has 5 nitrogen and oxygen atoms in total. The van der Waals surface area contributed by atoms with Crippen LogP contribution in [0.4, 0.5) is 0 Å². The van der Waals surface area contributed by atoms with E-state index in [2.05, 4.69) is 84.7 Å². The van der Waals surface area contributed by atoms with Crippen LogP contribution >= 0.6 is 0 Å². The minimum absolute atomic E-state index is 0.171. The van der Waals surface area contributed by atoms with Crippen molar-refractivity contribution in [2.45, 2.75) is 51.2 Å². The Kier molecular flexibility index (Phi) is 10.6. The van der Waals surface area contributed by atoms with Crippen LogP contribution in [0, 0.1) is 0 Å². The smallest absolute Gasteiger partial charge is 0.335 e. The predicted octanol–water partition coefficient (Wildman–Crippen LogP) is 6.79. The Morgan fingerprint density at radius 3 is 2.23 bits per heavy atom. The van der Waals surface area contributed by atoms with E-state index in [1.165, 1.54) is 40.5 Å². The van der Waals surface area contributed by atoms with Gasteiger partial charge in [0.15, 0.2) is 6.10 Å². The number of fused-ring (bicyclic) bond motifs is 2. The number of rotatable bonds is 13. The van der Waals surface area contributed by atoms with Gasteiger partial charge in [0.25, 0.3) is 0 Å². The lowest BCUT2D eigenvalue weighted by Gasteiger charge is -2.30. The molecule has 4 aromatic carbocycles. The van der Waals surface area contributed by atoms with Gasteiger partial charge in [-0.1, -0.05) is 84.9 Å². The van der Waals surface area contributed by atoms with Crippen molar-refractivity contribution >= 4 is 5.97 Å². The highest BCUT2D eigenvalue weighted by Gasteiger charge is 2.27. The number of carbonyl (C=O) groups excluding carboxylic acids is 1. The highest BCUT2D eigenvalue weighted by atomic mass is 16.6. The maximum atomic E-state index is 12.1. The van der Waals surface area contributed by atoms with Gasteiger partial charge in [0.2, 0.25) is 0 Å². The second-order valence-electron chi connectivity index (χ2n) is 11.3. The summed E-state index contributed by atoms with van der Waals surface area (Å²) in [6.45, 7) is 3.49. The Labute approximate surface area is 256 Å². The van der Waals surface area contributed by atoms with Gasteiger partial charge in [0, 0.05) is 20.1 Å².